The van der Waals surface area contributed by atoms with Gasteiger partial charge in [0.25, 0.3) is 5.91 Å². The van der Waals surface area contributed by atoms with E-state index in [1.807, 2.05) is 12.1 Å². The highest BCUT2D eigenvalue weighted by Gasteiger charge is 2.28. The van der Waals surface area contributed by atoms with E-state index in [-0.39, 0.29) is 23.9 Å². The van der Waals surface area contributed by atoms with E-state index in [0.717, 1.165) is 26.1 Å². The van der Waals surface area contributed by atoms with Crippen LogP contribution in [0.5, 0.6) is 0 Å². The van der Waals surface area contributed by atoms with Crippen molar-refractivity contribution in [3.05, 3.63) is 77.5 Å². The summed E-state index contributed by atoms with van der Waals surface area (Å²) in [5.41, 5.74) is 8.68. The third-order valence-electron chi connectivity index (χ3n) is 5.91. The maximum atomic E-state index is 13.1. The maximum Gasteiger partial charge on any atom is 0.251 e. The van der Waals surface area contributed by atoms with Gasteiger partial charge in [0.1, 0.15) is 17.5 Å². The van der Waals surface area contributed by atoms with Gasteiger partial charge >= 0.3 is 0 Å². The molecule has 2 unspecified atom stereocenters. The van der Waals surface area contributed by atoms with E-state index in [2.05, 4.69) is 46.5 Å². The van der Waals surface area contributed by atoms with E-state index >= 15 is 0 Å². The lowest BCUT2D eigenvalue weighted by molar-refractivity contribution is -0.0483. The van der Waals surface area contributed by atoms with E-state index in [1.165, 1.54) is 16.4 Å². The molecule has 1 amide bonds. The van der Waals surface area contributed by atoms with Crippen molar-refractivity contribution in [2.75, 3.05) is 25.4 Å². The molecule has 1 aliphatic heterocycles. The number of nitrogen functional groups attached to an aromatic ring is 1. The van der Waals surface area contributed by atoms with Gasteiger partial charge in [-0.3, -0.25) is 9.69 Å². The zero-order valence-corrected chi connectivity index (χ0v) is 18.6. The fraction of sp³-hybridized carbons (Fsp3) is 0.320. The summed E-state index contributed by atoms with van der Waals surface area (Å²) in [7, 11) is 0. The smallest absolute Gasteiger partial charge is 0.251 e. The summed E-state index contributed by atoms with van der Waals surface area (Å²) in [6, 6.07) is 19.3. The number of benzene rings is 2. The highest BCUT2D eigenvalue weighted by molar-refractivity contribution is 5.95. The van der Waals surface area contributed by atoms with Gasteiger partial charge in [-0.25, -0.2) is 4.68 Å². The molecule has 0 aliphatic carbocycles. The minimum absolute atomic E-state index is 0.0838. The Bertz CT molecular complexity index is 1140. The molecule has 2 atom stereocenters. The van der Waals surface area contributed by atoms with Crippen LogP contribution in [0.3, 0.4) is 0 Å². The van der Waals surface area contributed by atoms with Gasteiger partial charge in [0.05, 0.1) is 30.6 Å². The summed E-state index contributed by atoms with van der Waals surface area (Å²) >= 11 is 0. The second-order valence-electron chi connectivity index (χ2n) is 8.14. The second kappa shape index (κ2) is 10.3. The highest BCUT2D eigenvalue weighted by Crippen LogP contribution is 2.19. The molecule has 0 bridgehead atoms. The maximum absolute atomic E-state index is 13.1. The molecule has 2 aromatic carbocycles. The molecule has 0 saturated carbocycles. The van der Waals surface area contributed by atoms with Crippen LogP contribution in [0.1, 0.15) is 34.8 Å². The predicted molar refractivity (Wildman–Crippen MR) is 126 cm³/mol. The first-order valence-corrected chi connectivity index (χ1v) is 11.1. The summed E-state index contributed by atoms with van der Waals surface area (Å²) in [6.45, 7) is 5.18. The minimum Gasteiger partial charge on any atom is -0.382 e. The normalized spacial score (nSPS) is 17.3. The van der Waals surface area contributed by atoms with Crippen molar-refractivity contribution < 1.29 is 9.53 Å². The summed E-state index contributed by atoms with van der Waals surface area (Å²) in [4.78, 5) is 15.4. The van der Waals surface area contributed by atoms with Crippen molar-refractivity contribution in [1.82, 2.24) is 20.0 Å². The number of nitrogens with zero attached hydrogens (tertiary/aromatic N) is 4. The molecule has 4 rings (SSSR count). The fourth-order valence-corrected chi connectivity index (χ4v) is 4.10. The van der Waals surface area contributed by atoms with E-state index in [1.54, 1.807) is 24.3 Å². The monoisotopic (exact) mass is 444 g/mol. The Kier molecular flexibility index (Phi) is 7.03. The van der Waals surface area contributed by atoms with Gasteiger partial charge in [0.15, 0.2) is 0 Å². The number of amides is 1. The number of morpholine rings is 1. The summed E-state index contributed by atoms with van der Waals surface area (Å²) in [6.07, 6.45) is 2.09. The zero-order chi connectivity index (χ0) is 23.2. The molecule has 1 aromatic heterocycles. The van der Waals surface area contributed by atoms with Crippen LogP contribution in [0.2, 0.25) is 0 Å². The molecule has 170 valence electrons. The Morgan fingerprint density at radius 3 is 2.85 bits per heavy atom. The quantitative estimate of drug-likeness (QED) is 0.580. The lowest BCUT2D eigenvalue weighted by atomic mass is 10.0. The number of nitrogens with two attached hydrogens (primary N) is 1. The predicted octanol–water partition coefficient (Wildman–Crippen LogP) is 2.74. The van der Waals surface area contributed by atoms with E-state index in [4.69, 9.17) is 15.7 Å². The third-order valence-corrected chi connectivity index (χ3v) is 5.91. The third kappa shape index (κ3) is 5.22. The van der Waals surface area contributed by atoms with Crippen LogP contribution in [0.15, 0.2) is 60.8 Å². The molecular formula is C25H28N6O2. The number of hydrogen-bond donors (Lipinski definition) is 2. The SMILES string of the molecule is CCC(NC(=O)c1cccc(-n2ncc(C#N)c2N)c1)C1CN(Cc2ccccc2)CCO1. The molecular weight excluding hydrogens is 416 g/mol. The number of hydrogen-bond acceptors (Lipinski definition) is 6. The van der Waals surface area contributed by atoms with Crippen LogP contribution >= 0.6 is 0 Å². The molecule has 1 saturated heterocycles. The first kappa shape index (κ1) is 22.5. The van der Waals surface area contributed by atoms with Crippen molar-refractivity contribution in [3.8, 4) is 11.8 Å². The van der Waals surface area contributed by atoms with Crippen molar-refractivity contribution in [2.24, 2.45) is 0 Å². The number of ether oxygens (including phenoxy) is 1. The van der Waals surface area contributed by atoms with Crippen LogP contribution in [-0.4, -0.2) is 52.4 Å². The molecule has 8 nitrogen and oxygen atoms in total. The first-order valence-electron chi connectivity index (χ1n) is 11.1. The minimum atomic E-state index is -0.182. The van der Waals surface area contributed by atoms with Crippen LogP contribution in [0.25, 0.3) is 5.69 Å². The number of nitriles is 1. The average Bonchev–Trinajstić information content (AvgIpc) is 3.23. The molecule has 3 N–H and O–H groups in total. The van der Waals surface area contributed by atoms with Crippen molar-refractivity contribution in [3.63, 3.8) is 0 Å². The zero-order valence-electron chi connectivity index (χ0n) is 18.6. The lowest BCUT2D eigenvalue weighted by Gasteiger charge is -2.37. The molecule has 33 heavy (non-hydrogen) atoms. The molecule has 2 heterocycles. The topological polar surface area (TPSA) is 109 Å². The standard InChI is InChI=1S/C25H28N6O2/c1-2-22(23-17-30(11-12-33-23)16-18-7-4-3-5-8-18)29-25(32)19-9-6-10-21(13-19)31-24(27)20(14-26)15-28-31/h3-10,13,15,22-23H,2,11-12,16-17,27H2,1H3,(H,29,32). The molecule has 0 spiro atoms. The Hall–Kier alpha value is -3.67. The number of carbonyl (C=O) groups excluding carboxylic acids is 1. The molecule has 1 fully saturated rings. The fourth-order valence-electron chi connectivity index (χ4n) is 4.10. The van der Waals surface area contributed by atoms with Gasteiger partial charge in [0.2, 0.25) is 0 Å². The van der Waals surface area contributed by atoms with Crippen LogP contribution in [0, 0.1) is 11.3 Å². The van der Waals surface area contributed by atoms with Gasteiger partial charge in [-0.1, -0.05) is 43.3 Å². The van der Waals surface area contributed by atoms with Crippen LogP contribution in [0.4, 0.5) is 5.82 Å². The van der Waals surface area contributed by atoms with E-state index < -0.39 is 0 Å². The average molecular weight is 445 g/mol. The van der Waals surface area contributed by atoms with Crippen LogP contribution in [-0.2, 0) is 11.3 Å². The second-order valence-corrected chi connectivity index (χ2v) is 8.14. The van der Waals surface area contributed by atoms with Gasteiger partial charge < -0.3 is 15.8 Å². The van der Waals surface area contributed by atoms with Crippen LogP contribution < -0.4 is 11.1 Å². The lowest BCUT2D eigenvalue weighted by Crippen LogP contribution is -2.53. The van der Waals surface area contributed by atoms with Gasteiger partial charge in [-0.2, -0.15) is 10.4 Å². The molecule has 8 heteroatoms. The molecule has 3 aromatic rings. The largest absolute Gasteiger partial charge is 0.382 e. The number of aromatic nitrogens is 2. The van der Waals surface area contributed by atoms with Gasteiger partial charge in [0, 0.05) is 25.2 Å². The summed E-state index contributed by atoms with van der Waals surface area (Å²) < 4.78 is 7.50. The van der Waals surface area contributed by atoms with Gasteiger partial charge in [-0.15, -0.1) is 0 Å². The summed E-state index contributed by atoms with van der Waals surface area (Å²) in [5.74, 6) is 0.0642. The summed E-state index contributed by atoms with van der Waals surface area (Å²) in [5, 5.41) is 16.4. The Labute approximate surface area is 193 Å². The highest BCUT2D eigenvalue weighted by atomic mass is 16.5. The van der Waals surface area contributed by atoms with Gasteiger partial charge in [-0.05, 0) is 30.2 Å². The van der Waals surface area contributed by atoms with Crippen molar-refractivity contribution >= 4 is 11.7 Å². The van der Waals surface area contributed by atoms with Crippen molar-refractivity contribution in [1.29, 1.82) is 5.26 Å². The Balaban J connectivity index is 1.43. The number of rotatable bonds is 7. The molecule has 0 radical (unpaired) electrons. The van der Waals surface area contributed by atoms with Crippen molar-refractivity contribution in [2.45, 2.75) is 32.0 Å². The number of nitrogens with one attached hydrogen (secondary N) is 1. The van der Waals surface area contributed by atoms with E-state index in [0.29, 0.717) is 23.4 Å². The first-order chi connectivity index (χ1) is 16.1. The Morgan fingerprint density at radius 1 is 1.30 bits per heavy atom. The number of carbonyl (C=O) groups is 1. The Morgan fingerprint density at radius 2 is 2.12 bits per heavy atom. The number of anilines is 1. The van der Waals surface area contributed by atoms with E-state index in [9.17, 15) is 4.79 Å². The molecule has 1 aliphatic rings.